The zero-order valence-electron chi connectivity index (χ0n) is 15.8. The maximum Gasteiger partial charge on any atom is 0.387 e. The highest BCUT2D eigenvalue weighted by molar-refractivity contribution is 6.08. The van der Waals surface area contributed by atoms with Crippen LogP contribution in [-0.4, -0.2) is 37.1 Å². The summed E-state index contributed by atoms with van der Waals surface area (Å²) in [6.45, 7) is -3.67. The lowest BCUT2D eigenvalue weighted by molar-refractivity contribution is -0.129. The maximum atomic E-state index is 14.2. The summed E-state index contributed by atoms with van der Waals surface area (Å²) >= 11 is 0. The standard InChI is InChI=1S/C21H17F4N3O2/c1-28-18(29)21(27-20(28)26,14-5-8-16(9-6-14)30-19(24)25)15-7-10-17(23)13(12-15)4-2-3-11-22/h5-10,12,19H,3,11H2,1H3,(H2,26,27)/t21-/m1/s1. The van der Waals surface area contributed by atoms with E-state index in [0.29, 0.717) is 5.56 Å². The van der Waals surface area contributed by atoms with Crippen molar-refractivity contribution in [2.75, 3.05) is 13.7 Å². The molecule has 0 radical (unpaired) electrons. The predicted molar refractivity (Wildman–Crippen MR) is 102 cm³/mol. The van der Waals surface area contributed by atoms with Crippen LogP contribution in [0.4, 0.5) is 17.6 Å². The maximum absolute atomic E-state index is 14.2. The molecule has 156 valence electrons. The average molecular weight is 419 g/mol. The van der Waals surface area contributed by atoms with Gasteiger partial charge in [0.2, 0.25) is 0 Å². The highest BCUT2D eigenvalue weighted by Crippen LogP contribution is 2.40. The minimum Gasteiger partial charge on any atom is -0.435 e. The number of guanidine groups is 1. The van der Waals surface area contributed by atoms with Crippen molar-refractivity contribution in [3.05, 3.63) is 65.0 Å². The van der Waals surface area contributed by atoms with Gasteiger partial charge in [0.1, 0.15) is 18.2 Å². The molecule has 1 aliphatic heterocycles. The first-order valence-corrected chi connectivity index (χ1v) is 8.83. The van der Waals surface area contributed by atoms with Gasteiger partial charge in [-0.05, 0) is 35.4 Å². The zero-order chi connectivity index (χ0) is 21.9. The lowest BCUT2D eigenvalue weighted by atomic mass is 9.82. The molecular weight excluding hydrogens is 402 g/mol. The predicted octanol–water partition coefficient (Wildman–Crippen LogP) is 3.17. The van der Waals surface area contributed by atoms with Crippen LogP contribution in [0, 0.1) is 17.7 Å². The first-order valence-electron chi connectivity index (χ1n) is 8.83. The van der Waals surface area contributed by atoms with E-state index in [1.807, 2.05) is 0 Å². The van der Waals surface area contributed by atoms with Crippen LogP contribution >= 0.6 is 0 Å². The number of carbonyl (C=O) groups is 1. The summed E-state index contributed by atoms with van der Waals surface area (Å²) in [7, 11) is 1.43. The molecule has 0 spiro atoms. The number of hydrogen-bond donors (Lipinski definition) is 1. The fraction of sp³-hybridized carbons (Fsp3) is 0.238. The number of halogens is 4. The van der Waals surface area contributed by atoms with Crippen molar-refractivity contribution >= 4 is 11.9 Å². The summed E-state index contributed by atoms with van der Waals surface area (Å²) in [5, 5.41) is 0. The molecule has 5 nitrogen and oxygen atoms in total. The normalized spacial score (nSPS) is 18.3. The van der Waals surface area contributed by atoms with Crippen molar-refractivity contribution in [3.8, 4) is 17.6 Å². The summed E-state index contributed by atoms with van der Waals surface area (Å²) < 4.78 is 55.7. The number of ether oxygens (including phenoxy) is 1. The van der Waals surface area contributed by atoms with E-state index in [-0.39, 0.29) is 29.3 Å². The number of benzene rings is 2. The Hall–Kier alpha value is -3.54. The molecule has 0 saturated carbocycles. The third kappa shape index (κ3) is 3.81. The van der Waals surface area contributed by atoms with Crippen molar-refractivity contribution in [2.24, 2.45) is 10.7 Å². The first-order chi connectivity index (χ1) is 14.3. The Balaban J connectivity index is 2.15. The van der Waals surface area contributed by atoms with Crippen molar-refractivity contribution in [3.63, 3.8) is 0 Å². The second kappa shape index (κ2) is 8.45. The van der Waals surface area contributed by atoms with Crippen LogP contribution in [0.15, 0.2) is 47.5 Å². The van der Waals surface area contributed by atoms with Gasteiger partial charge in [-0.25, -0.2) is 9.38 Å². The molecule has 0 unspecified atom stereocenters. The lowest BCUT2D eigenvalue weighted by Crippen LogP contribution is -2.41. The van der Waals surface area contributed by atoms with Crippen LogP contribution < -0.4 is 10.5 Å². The molecule has 0 aliphatic carbocycles. The van der Waals surface area contributed by atoms with Crippen LogP contribution in [0.3, 0.4) is 0 Å². The van der Waals surface area contributed by atoms with Gasteiger partial charge in [0.25, 0.3) is 5.91 Å². The van der Waals surface area contributed by atoms with E-state index >= 15 is 0 Å². The lowest BCUT2D eigenvalue weighted by Gasteiger charge is -2.26. The highest BCUT2D eigenvalue weighted by Gasteiger charge is 2.49. The summed E-state index contributed by atoms with van der Waals surface area (Å²) in [6.07, 6.45) is -0.0623. The number of nitrogens with zero attached hydrogens (tertiary/aromatic N) is 2. The molecule has 0 aromatic heterocycles. The number of carbonyl (C=O) groups excluding carboxylic acids is 1. The number of rotatable bonds is 5. The van der Waals surface area contributed by atoms with Gasteiger partial charge in [-0.1, -0.05) is 30.0 Å². The highest BCUT2D eigenvalue weighted by atomic mass is 19.3. The van der Waals surface area contributed by atoms with Crippen LogP contribution in [-0.2, 0) is 10.3 Å². The van der Waals surface area contributed by atoms with Crippen molar-refractivity contribution in [2.45, 2.75) is 18.6 Å². The van der Waals surface area contributed by atoms with Gasteiger partial charge in [0, 0.05) is 13.5 Å². The van der Waals surface area contributed by atoms with E-state index in [4.69, 9.17) is 5.73 Å². The third-order valence-electron chi connectivity index (χ3n) is 4.56. The summed E-state index contributed by atoms with van der Waals surface area (Å²) in [5.41, 5.74) is 4.76. The van der Waals surface area contributed by atoms with E-state index < -0.39 is 30.5 Å². The molecule has 0 fully saturated rings. The molecule has 30 heavy (non-hydrogen) atoms. The number of alkyl halides is 3. The monoisotopic (exact) mass is 419 g/mol. The van der Waals surface area contributed by atoms with Crippen molar-refractivity contribution in [1.29, 1.82) is 0 Å². The number of hydrogen-bond acceptors (Lipinski definition) is 4. The quantitative estimate of drug-likeness (QED) is 0.598. The smallest absolute Gasteiger partial charge is 0.387 e. The molecule has 2 aromatic rings. The van der Waals surface area contributed by atoms with Gasteiger partial charge in [0.15, 0.2) is 11.5 Å². The molecular formula is C21H17F4N3O2. The Morgan fingerprint density at radius 2 is 1.87 bits per heavy atom. The zero-order valence-corrected chi connectivity index (χ0v) is 15.8. The van der Waals surface area contributed by atoms with Crippen LogP contribution in [0.25, 0.3) is 0 Å². The molecule has 3 rings (SSSR count). The SMILES string of the molecule is CN1C(=O)[C@@](c2ccc(OC(F)F)cc2)(c2ccc(F)c(C#CCCF)c2)N=C1N. The Morgan fingerprint density at radius 1 is 1.20 bits per heavy atom. The van der Waals surface area contributed by atoms with Crippen LogP contribution in [0.2, 0.25) is 0 Å². The first kappa shape index (κ1) is 21.2. The Bertz CT molecular complexity index is 1040. The van der Waals surface area contributed by atoms with E-state index in [1.54, 1.807) is 0 Å². The molecule has 1 heterocycles. The fourth-order valence-corrected chi connectivity index (χ4v) is 3.11. The number of aliphatic imine (C=N–C) groups is 1. The number of nitrogens with two attached hydrogens (primary N) is 1. The van der Waals surface area contributed by atoms with Crippen LogP contribution in [0.5, 0.6) is 5.75 Å². The Kier molecular flexibility index (Phi) is 5.96. The summed E-state index contributed by atoms with van der Waals surface area (Å²) in [4.78, 5) is 18.6. The van der Waals surface area contributed by atoms with E-state index in [1.165, 1.54) is 43.4 Å². The van der Waals surface area contributed by atoms with Gasteiger partial charge in [-0.2, -0.15) is 8.78 Å². The Morgan fingerprint density at radius 3 is 2.43 bits per heavy atom. The van der Waals surface area contributed by atoms with E-state index in [9.17, 15) is 22.4 Å². The van der Waals surface area contributed by atoms with Crippen molar-refractivity contribution in [1.82, 2.24) is 4.90 Å². The summed E-state index contributed by atoms with van der Waals surface area (Å²) in [5.74, 6) is 3.72. The van der Waals surface area contributed by atoms with E-state index in [2.05, 4.69) is 21.6 Å². The van der Waals surface area contributed by atoms with E-state index in [0.717, 1.165) is 11.0 Å². The summed E-state index contributed by atoms with van der Waals surface area (Å²) in [6, 6.07) is 9.19. The molecule has 1 aliphatic rings. The largest absolute Gasteiger partial charge is 0.435 e. The number of amides is 1. The second-order valence-corrected chi connectivity index (χ2v) is 6.38. The molecule has 1 atom stereocenters. The third-order valence-corrected chi connectivity index (χ3v) is 4.56. The van der Waals surface area contributed by atoms with Gasteiger partial charge < -0.3 is 10.5 Å². The molecule has 2 N–H and O–H groups in total. The molecule has 0 saturated heterocycles. The Labute approximate surface area is 170 Å². The number of likely N-dealkylation sites (N-methyl/N-ethyl adjacent to an activating group) is 1. The topological polar surface area (TPSA) is 67.9 Å². The van der Waals surface area contributed by atoms with Crippen LogP contribution in [0.1, 0.15) is 23.1 Å². The van der Waals surface area contributed by atoms with Gasteiger partial charge in [0.05, 0.1) is 5.56 Å². The van der Waals surface area contributed by atoms with Gasteiger partial charge in [-0.3, -0.25) is 14.1 Å². The van der Waals surface area contributed by atoms with Crippen molar-refractivity contribution < 1.29 is 27.1 Å². The van der Waals surface area contributed by atoms with Gasteiger partial charge in [-0.15, -0.1) is 0 Å². The fourth-order valence-electron chi connectivity index (χ4n) is 3.11. The van der Waals surface area contributed by atoms with Gasteiger partial charge >= 0.3 is 6.61 Å². The minimum atomic E-state index is -3.00. The minimum absolute atomic E-state index is 0.0332. The molecule has 9 heteroatoms. The molecule has 1 amide bonds. The molecule has 0 bridgehead atoms. The average Bonchev–Trinajstić information content (AvgIpc) is 2.94. The second-order valence-electron chi connectivity index (χ2n) is 6.38. The molecule has 2 aromatic carbocycles.